The summed E-state index contributed by atoms with van der Waals surface area (Å²) in [7, 11) is 0. The largest absolute Gasteiger partial charge is 0.456 e. The van der Waals surface area contributed by atoms with Gasteiger partial charge in [0.15, 0.2) is 0 Å². The van der Waals surface area contributed by atoms with Crippen LogP contribution in [0, 0.1) is 0 Å². The molecule has 0 unspecified atom stereocenters. The Kier molecular flexibility index (Phi) is 4.90. The average molecular weight is 407 g/mol. The minimum absolute atomic E-state index is 0.528. The van der Waals surface area contributed by atoms with E-state index in [1.807, 2.05) is 12.1 Å². The molecule has 2 aromatic carbocycles. The predicted molar refractivity (Wildman–Crippen MR) is 84.0 cm³/mol. The number of aliphatic hydroxyl groups excluding tert-OH is 1. The lowest BCUT2D eigenvalue weighted by molar-refractivity contribution is 0.198. The fourth-order valence-electron chi connectivity index (χ4n) is 1.60. The van der Waals surface area contributed by atoms with Gasteiger partial charge < -0.3 is 9.84 Å². The van der Waals surface area contributed by atoms with Gasteiger partial charge >= 0.3 is 0 Å². The van der Waals surface area contributed by atoms with Crippen molar-refractivity contribution in [2.75, 3.05) is 0 Å². The third kappa shape index (κ3) is 3.72. The lowest BCUT2D eigenvalue weighted by atomic mass is 10.1. The van der Waals surface area contributed by atoms with Crippen LogP contribution < -0.4 is 4.74 Å². The molecule has 2 nitrogen and oxygen atoms in total. The van der Waals surface area contributed by atoms with Crippen LogP contribution in [0.1, 0.15) is 18.6 Å². The highest BCUT2D eigenvalue weighted by Crippen LogP contribution is 2.34. The number of ether oxygens (including phenoxy) is 1. The molecule has 5 heteroatoms. The number of rotatable bonds is 3. The summed E-state index contributed by atoms with van der Waals surface area (Å²) in [5, 5.41) is 10.1. The molecule has 2 rings (SSSR count). The third-order valence-electron chi connectivity index (χ3n) is 2.54. The van der Waals surface area contributed by atoms with Crippen molar-refractivity contribution in [2.24, 2.45) is 0 Å². The van der Waals surface area contributed by atoms with E-state index in [1.165, 1.54) is 0 Å². The lowest BCUT2D eigenvalue weighted by Crippen LogP contribution is -1.93. The van der Waals surface area contributed by atoms with Crippen LogP contribution in [0.5, 0.6) is 11.5 Å². The third-order valence-corrected chi connectivity index (χ3v) is 4.02. The lowest BCUT2D eigenvalue weighted by Gasteiger charge is -2.11. The molecule has 19 heavy (non-hydrogen) atoms. The van der Waals surface area contributed by atoms with E-state index in [4.69, 9.17) is 16.3 Å². The van der Waals surface area contributed by atoms with Crippen LogP contribution >= 0.6 is 43.5 Å². The number of benzene rings is 2. The molecule has 0 aliphatic heterocycles. The second-order valence-corrected chi connectivity index (χ2v) is 6.21. The van der Waals surface area contributed by atoms with Gasteiger partial charge in [0.05, 0.1) is 11.1 Å². The van der Waals surface area contributed by atoms with E-state index in [0.29, 0.717) is 16.5 Å². The van der Waals surface area contributed by atoms with E-state index in [-0.39, 0.29) is 0 Å². The number of hydrogen-bond acceptors (Lipinski definition) is 2. The molecule has 0 saturated carbocycles. The number of halogens is 3. The molecular weight excluding hydrogens is 395 g/mol. The molecule has 0 radical (unpaired) electrons. The Morgan fingerprint density at radius 1 is 1.16 bits per heavy atom. The molecular formula is C14H11Br2ClO2. The first-order chi connectivity index (χ1) is 8.97. The summed E-state index contributed by atoms with van der Waals surface area (Å²) >= 11 is 12.8. The van der Waals surface area contributed by atoms with Gasteiger partial charge in [-0.3, -0.25) is 0 Å². The highest BCUT2D eigenvalue weighted by Gasteiger charge is 2.09. The van der Waals surface area contributed by atoms with E-state index in [1.54, 1.807) is 31.2 Å². The smallest absolute Gasteiger partial charge is 0.146 e. The Hall–Kier alpha value is -0.550. The first kappa shape index (κ1) is 14.9. The van der Waals surface area contributed by atoms with Crippen molar-refractivity contribution in [1.82, 2.24) is 0 Å². The fraction of sp³-hybridized carbons (Fsp3) is 0.143. The topological polar surface area (TPSA) is 29.5 Å². The summed E-state index contributed by atoms with van der Waals surface area (Å²) in [6.45, 7) is 1.71. The fourth-order valence-corrected chi connectivity index (χ4v) is 3.00. The van der Waals surface area contributed by atoms with Crippen molar-refractivity contribution in [3.8, 4) is 11.5 Å². The molecule has 0 amide bonds. The maximum Gasteiger partial charge on any atom is 0.146 e. The Labute approximate surface area is 133 Å². The second-order valence-electron chi connectivity index (χ2n) is 4.04. The van der Waals surface area contributed by atoms with Gasteiger partial charge in [-0.1, -0.05) is 49.5 Å². The summed E-state index contributed by atoms with van der Waals surface area (Å²) in [6, 6.07) is 10.8. The molecule has 0 heterocycles. The highest BCUT2D eigenvalue weighted by atomic mass is 79.9. The van der Waals surface area contributed by atoms with Crippen LogP contribution in [-0.2, 0) is 0 Å². The zero-order valence-corrected chi connectivity index (χ0v) is 14.0. The predicted octanol–water partition coefficient (Wildman–Crippen LogP) is 5.71. The van der Waals surface area contributed by atoms with Crippen LogP contribution in [0.15, 0.2) is 45.3 Å². The Balaban J connectivity index is 2.26. The van der Waals surface area contributed by atoms with Gasteiger partial charge in [-0.25, -0.2) is 0 Å². The summed E-state index contributed by atoms with van der Waals surface area (Å²) in [5.74, 6) is 1.24. The molecule has 1 atom stereocenters. The van der Waals surface area contributed by atoms with Crippen LogP contribution in [0.3, 0.4) is 0 Å². The quantitative estimate of drug-likeness (QED) is 0.707. The summed E-state index contributed by atoms with van der Waals surface area (Å²) in [4.78, 5) is 0. The van der Waals surface area contributed by atoms with E-state index in [2.05, 4.69) is 31.9 Å². The molecule has 0 aliphatic rings. The van der Waals surface area contributed by atoms with Crippen molar-refractivity contribution in [3.63, 3.8) is 0 Å². The standard InChI is InChI=1S/C14H11Br2ClO2/c1-8(18)11-4-3-10(7-12(11)16)19-14-5-2-9(15)6-13(14)17/h2-8,18H,1H3/t8-/m0/s1. The molecule has 0 saturated heterocycles. The average Bonchev–Trinajstić information content (AvgIpc) is 2.32. The molecule has 1 N–H and O–H groups in total. The molecule has 0 spiro atoms. The maximum atomic E-state index is 9.56. The van der Waals surface area contributed by atoms with Crippen molar-refractivity contribution in [1.29, 1.82) is 0 Å². The normalized spacial score (nSPS) is 12.3. The van der Waals surface area contributed by atoms with Gasteiger partial charge in [0.2, 0.25) is 0 Å². The monoisotopic (exact) mass is 404 g/mol. The SMILES string of the molecule is C[C@H](O)c1ccc(Oc2ccc(Br)cc2Cl)cc1Br. The van der Waals surface area contributed by atoms with Gasteiger partial charge in [0.25, 0.3) is 0 Å². The van der Waals surface area contributed by atoms with Crippen LogP contribution in [0.2, 0.25) is 5.02 Å². The van der Waals surface area contributed by atoms with Gasteiger partial charge in [0, 0.05) is 8.95 Å². The van der Waals surface area contributed by atoms with Gasteiger partial charge in [-0.15, -0.1) is 0 Å². The molecule has 2 aromatic rings. The van der Waals surface area contributed by atoms with Crippen LogP contribution in [0.25, 0.3) is 0 Å². The highest BCUT2D eigenvalue weighted by molar-refractivity contribution is 9.10. The first-order valence-electron chi connectivity index (χ1n) is 5.58. The van der Waals surface area contributed by atoms with Crippen molar-refractivity contribution in [3.05, 3.63) is 55.9 Å². The Morgan fingerprint density at radius 2 is 1.89 bits per heavy atom. The first-order valence-corrected chi connectivity index (χ1v) is 7.54. The van der Waals surface area contributed by atoms with Crippen molar-refractivity contribution >= 4 is 43.5 Å². The van der Waals surface area contributed by atoms with Crippen LogP contribution in [0.4, 0.5) is 0 Å². The molecule has 0 bridgehead atoms. The summed E-state index contributed by atoms with van der Waals surface area (Å²) < 4.78 is 7.41. The molecule has 100 valence electrons. The molecule has 0 aliphatic carbocycles. The Bertz CT molecular complexity index is 600. The minimum Gasteiger partial charge on any atom is -0.456 e. The van der Waals surface area contributed by atoms with E-state index in [0.717, 1.165) is 14.5 Å². The number of aliphatic hydroxyl groups is 1. The molecule has 0 fully saturated rings. The zero-order valence-electron chi connectivity index (χ0n) is 10.0. The summed E-state index contributed by atoms with van der Waals surface area (Å²) in [5.41, 5.74) is 0.814. The molecule has 0 aromatic heterocycles. The van der Waals surface area contributed by atoms with Crippen LogP contribution in [-0.4, -0.2) is 5.11 Å². The van der Waals surface area contributed by atoms with E-state index < -0.39 is 6.10 Å². The van der Waals surface area contributed by atoms with Gasteiger partial charge in [-0.2, -0.15) is 0 Å². The zero-order chi connectivity index (χ0) is 14.0. The van der Waals surface area contributed by atoms with Crippen molar-refractivity contribution < 1.29 is 9.84 Å². The van der Waals surface area contributed by atoms with E-state index in [9.17, 15) is 5.11 Å². The summed E-state index contributed by atoms with van der Waals surface area (Å²) in [6.07, 6.45) is -0.528. The second kappa shape index (κ2) is 6.27. The van der Waals surface area contributed by atoms with Gasteiger partial charge in [-0.05, 0) is 42.8 Å². The Morgan fingerprint density at radius 3 is 2.47 bits per heavy atom. The van der Waals surface area contributed by atoms with Gasteiger partial charge in [0.1, 0.15) is 11.5 Å². The van der Waals surface area contributed by atoms with Crippen molar-refractivity contribution in [2.45, 2.75) is 13.0 Å². The maximum absolute atomic E-state index is 9.56. The van der Waals surface area contributed by atoms with E-state index >= 15 is 0 Å². The number of hydrogen-bond donors (Lipinski definition) is 1. The minimum atomic E-state index is -0.528.